The van der Waals surface area contributed by atoms with Crippen molar-refractivity contribution in [2.24, 2.45) is 10.9 Å². The van der Waals surface area contributed by atoms with Crippen LogP contribution in [0.15, 0.2) is 29.3 Å². The van der Waals surface area contributed by atoms with E-state index in [1.54, 1.807) is 7.11 Å². The van der Waals surface area contributed by atoms with E-state index in [1.165, 1.54) is 18.4 Å². The number of nitrogens with zero attached hydrogens (tertiary/aromatic N) is 2. The number of hydrogen-bond acceptors (Lipinski definition) is 4. The molecule has 1 heterocycles. The number of ether oxygens (including phenoxy) is 1. The Bertz CT molecular complexity index is 624. The Hall–Kier alpha value is -0.670. The summed E-state index contributed by atoms with van der Waals surface area (Å²) in [5, 5.41) is 7.01. The summed E-state index contributed by atoms with van der Waals surface area (Å²) in [5.74, 6) is 2.38. The highest BCUT2D eigenvalue weighted by Gasteiger charge is 2.30. The molecule has 29 heavy (non-hydrogen) atoms. The van der Waals surface area contributed by atoms with Crippen molar-refractivity contribution < 1.29 is 4.74 Å². The number of nitrogens with one attached hydrogen (secondary N) is 2. The SMILES string of the molecule is CCNC(=NCC(C)(C)SC)NCC1CCCN(C)C1c1ccc(OC)cc1.I. The van der Waals surface area contributed by atoms with Crippen LogP contribution in [0.3, 0.4) is 0 Å². The molecule has 2 N–H and O–H groups in total. The molecule has 1 aromatic carbocycles. The molecule has 0 spiro atoms. The molecule has 1 aliphatic heterocycles. The number of piperidine rings is 1. The first kappa shape index (κ1) is 26.4. The summed E-state index contributed by atoms with van der Waals surface area (Å²) in [6.07, 6.45) is 4.61. The molecule has 0 bridgehead atoms. The quantitative estimate of drug-likeness (QED) is 0.294. The lowest BCUT2D eigenvalue weighted by Crippen LogP contribution is -2.45. The van der Waals surface area contributed by atoms with Gasteiger partial charge in [-0.05, 0) is 77.1 Å². The zero-order chi connectivity index (χ0) is 20.6. The summed E-state index contributed by atoms with van der Waals surface area (Å²) < 4.78 is 5.48. The van der Waals surface area contributed by atoms with Gasteiger partial charge in [-0.1, -0.05) is 12.1 Å². The second-order valence-electron chi connectivity index (χ2n) is 8.14. The van der Waals surface area contributed by atoms with Crippen molar-refractivity contribution in [2.75, 3.05) is 46.6 Å². The first-order chi connectivity index (χ1) is 13.4. The number of rotatable bonds is 8. The average molecular weight is 535 g/mol. The van der Waals surface area contributed by atoms with Gasteiger partial charge in [0.1, 0.15) is 5.75 Å². The minimum atomic E-state index is 0. The number of halogens is 1. The van der Waals surface area contributed by atoms with E-state index in [4.69, 9.17) is 9.73 Å². The Morgan fingerprint density at radius 1 is 1.28 bits per heavy atom. The summed E-state index contributed by atoms with van der Waals surface area (Å²) >= 11 is 1.85. The molecule has 7 heteroatoms. The molecule has 1 saturated heterocycles. The Labute approximate surface area is 198 Å². The van der Waals surface area contributed by atoms with Crippen molar-refractivity contribution in [3.63, 3.8) is 0 Å². The van der Waals surface area contributed by atoms with Gasteiger partial charge in [-0.25, -0.2) is 0 Å². The van der Waals surface area contributed by atoms with Crippen LogP contribution in [-0.2, 0) is 0 Å². The Kier molecular flexibility index (Phi) is 11.7. The van der Waals surface area contributed by atoms with Gasteiger partial charge in [0.15, 0.2) is 5.96 Å². The van der Waals surface area contributed by atoms with Crippen molar-refractivity contribution in [2.45, 2.75) is 44.4 Å². The van der Waals surface area contributed by atoms with E-state index in [0.29, 0.717) is 12.0 Å². The van der Waals surface area contributed by atoms with Crippen LogP contribution < -0.4 is 15.4 Å². The number of hydrogen-bond donors (Lipinski definition) is 2. The van der Waals surface area contributed by atoms with Crippen molar-refractivity contribution in [1.29, 1.82) is 0 Å². The van der Waals surface area contributed by atoms with E-state index >= 15 is 0 Å². The van der Waals surface area contributed by atoms with E-state index in [-0.39, 0.29) is 28.7 Å². The summed E-state index contributed by atoms with van der Waals surface area (Å²) in [4.78, 5) is 7.31. The van der Waals surface area contributed by atoms with Crippen molar-refractivity contribution in [3.05, 3.63) is 29.8 Å². The molecule has 2 rings (SSSR count). The third-order valence-corrected chi connectivity index (χ3v) is 6.75. The van der Waals surface area contributed by atoms with Crippen LogP contribution in [0.25, 0.3) is 0 Å². The molecule has 0 aromatic heterocycles. The molecule has 0 radical (unpaired) electrons. The summed E-state index contributed by atoms with van der Waals surface area (Å²) in [5.41, 5.74) is 1.36. The molecule has 0 amide bonds. The molecule has 2 unspecified atom stereocenters. The van der Waals surface area contributed by atoms with Crippen LogP contribution in [0.4, 0.5) is 0 Å². The topological polar surface area (TPSA) is 48.9 Å². The Morgan fingerprint density at radius 2 is 1.97 bits per heavy atom. The van der Waals surface area contributed by atoms with Gasteiger partial charge in [0.2, 0.25) is 0 Å². The van der Waals surface area contributed by atoms with Crippen LogP contribution >= 0.6 is 35.7 Å². The number of benzene rings is 1. The molecule has 166 valence electrons. The van der Waals surface area contributed by atoms with Crippen LogP contribution in [0, 0.1) is 5.92 Å². The second-order valence-corrected chi connectivity index (χ2v) is 9.65. The molecule has 5 nitrogen and oxygen atoms in total. The molecule has 0 saturated carbocycles. The Morgan fingerprint density at radius 3 is 2.55 bits per heavy atom. The number of aliphatic imine (C=N–C) groups is 1. The van der Waals surface area contributed by atoms with Gasteiger partial charge in [-0.3, -0.25) is 9.89 Å². The predicted octanol–water partition coefficient (Wildman–Crippen LogP) is 4.39. The minimum Gasteiger partial charge on any atom is -0.497 e. The van der Waals surface area contributed by atoms with Crippen LogP contribution in [0.2, 0.25) is 0 Å². The zero-order valence-electron chi connectivity index (χ0n) is 18.8. The van der Waals surface area contributed by atoms with Crippen LogP contribution in [0.1, 0.15) is 45.2 Å². The monoisotopic (exact) mass is 534 g/mol. The van der Waals surface area contributed by atoms with E-state index in [9.17, 15) is 0 Å². The highest BCUT2D eigenvalue weighted by Crippen LogP contribution is 2.35. The van der Waals surface area contributed by atoms with E-state index < -0.39 is 0 Å². The molecular formula is C22H39IN4OS. The third kappa shape index (κ3) is 8.17. The molecule has 1 fully saturated rings. The lowest BCUT2D eigenvalue weighted by molar-refractivity contribution is 0.122. The van der Waals surface area contributed by atoms with Crippen molar-refractivity contribution in [1.82, 2.24) is 15.5 Å². The van der Waals surface area contributed by atoms with Gasteiger partial charge in [-0.2, -0.15) is 11.8 Å². The first-order valence-corrected chi connectivity index (χ1v) is 11.5. The number of thioether (sulfide) groups is 1. The molecule has 2 atom stereocenters. The highest BCUT2D eigenvalue weighted by molar-refractivity contribution is 14.0. The fraction of sp³-hybridized carbons (Fsp3) is 0.682. The van der Waals surface area contributed by atoms with Crippen LogP contribution in [0.5, 0.6) is 5.75 Å². The summed E-state index contributed by atoms with van der Waals surface area (Å²) in [7, 11) is 3.95. The van der Waals surface area contributed by atoms with E-state index in [2.05, 4.69) is 73.9 Å². The number of guanidine groups is 1. The van der Waals surface area contributed by atoms with Gasteiger partial charge in [0.25, 0.3) is 0 Å². The van der Waals surface area contributed by atoms with Gasteiger partial charge < -0.3 is 15.4 Å². The molecule has 1 aliphatic rings. The van der Waals surface area contributed by atoms with Gasteiger partial charge >= 0.3 is 0 Å². The average Bonchev–Trinajstić information content (AvgIpc) is 2.70. The molecule has 0 aliphatic carbocycles. The number of methoxy groups -OCH3 is 1. The largest absolute Gasteiger partial charge is 0.497 e. The summed E-state index contributed by atoms with van der Waals surface area (Å²) in [6, 6.07) is 8.96. The minimum absolute atomic E-state index is 0. The van der Waals surface area contributed by atoms with Gasteiger partial charge in [0.05, 0.1) is 13.7 Å². The smallest absolute Gasteiger partial charge is 0.191 e. The first-order valence-electron chi connectivity index (χ1n) is 10.3. The molecular weight excluding hydrogens is 495 g/mol. The zero-order valence-corrected chi connectivity index (χ0v) is 22.0. The number of likely N-dealkylation sites (tertiary alicyclic amines) is 1. The normalized spacial score (nSPS) is 20.7. The highest BCUT2D eigenvalue weighted by atomic mass is 127. The van der Waals surface area contributed by atoms with Crippen LogP contribution in [-0.4, -0.2) is 62.2 Å². The maximum atomic E-state index is 5.33. The predicted molar refractivity (Wildman–Crippen MR) is 138 cm³/mol. The maximum absolute atomic E-state index is 5.33. The lowest BCUT2D eigenvalue weighted by Gasteiger charge is -2.40. The standard InChI is InChI=1S/C22H38N4OS.HI/c1-7-23-21(25-16-22(2,3)28-6)24-15-18-9-8-14-26(4)20(18)17-10-12-19(27-5)13-11-17;/h10-13,18,20H,7-9,14-16H2,1-6H3,(H2,23,24,25);1H. The molecule has 1 aromatic rings. The van der Waals surface area contributed by atoms with E-state index in [1.807, 2.05) is 11.8 Å². The van der Waals surface area contributed by atoms with Crippen molar-refractivity contribution >= 4 is 41.7 Å². The van der Waals surface area contributed by atoms with Gasteiger partial charge in [0, 0.05) is 23.9 Å². The fourth-order valence-corrected chi connectivity index (χ4v) is 3.90. The third-order valence-electron chi connectivity index (χ3n) is 5.51. The second kappa shape index (κ2) is 12.9. The Balaban J connectivity index is 0.00000420. The lowest BCUT2D eigenvalue weighted by atomic mass is 9.85. The fourth-order valence-electron chi connectivity index (χ4n) is 3.70. The van der Waals surface area contributed by atoms with E-state index in [0.717, 1.165) is 37.9 Å². The van der Waals surface area contributed by atoms with Gasteiger partial charge in [-0.15, -0.1) is 24.0 Å². The summed E-state index contributed by atoms with van der Waals surface area (Å²) in [6.45, 7) is 10.3. The maximum Gasteiger partial charge on any atom is 0.191 e. The van der Waals surface area contributed by atoms with Crippen molar-refractivity contribution in [3.8, 4) is 5.75 Å².